The van der Waals surface area contributed by atoms with Crippen LogP contribution in [0.1, 0.15) is 15.9 Å². The topological polar surface area (TPSA) is 66.9 Å². The molecule has 128 valence electrons. The number of likely N-dealkylation sites (N-methyl/N-ethyl adjacent to an activating group) is 1. The molecule has 2 rings (SSSR count). The molecule has 1 heterocycles. The molecule has 24 heavy (non-hydrogen) atoms. The normalized spacial score (nSPS) is 17.1. The highest BCUT2D eigenvalue weighted by atomic mass is 32.2. The molecule has 0 unspecified atom stereocenters. The van der Waals surface area contributed by atoms with E-state index < -0.39 is 12.0 Å². The van der Waals surface area contributed by atoms with Crippen LogP contribution in [0.25, 0.3) is 6.08 Å². The van der Waals surface area contributed by atoms with Gasteiger partial charge in [-0.2, -0.15) is 0 Å². The number of carbonyl (C=O) groups excluding carboxylic acids is 3. The minimum absolute atomic E-state index is 0.0656. The number of hydrogen-bond donors (Lipinski definition) is 0. The van der Waals surface area contributed by atoms with Crippen molar-refractivity contribution in [2.75, 3.05) is 32.8 Å². The van der Waals surface area contributed by atoms with E-state index in [1.165, 1.54) is 18.1 Å². The molecule has 0 aliphatic carbocycles. The van der Waals surface area contributed by atoms with Crippen LogP contribution in [0.5, 0.6) is 0 Å². The summed E-state index contributed by atoms with van der Waals surface area (Å²) in [7, 11) is 4.70. The van der Waals surface area contributed by atoms with Crippen molar-refractivity contribution in [3.63, 3.8) is 0 Å². The summed E-state index contributed by atoms with van der Waals surface area (Å²) in [4.78, 5) is 38.9. The Morgan fingerprint density at radius 3 is 2.50 bits per heavy atom. The van der Waals surface area contributed by atoms with Crippen LogP contribution < -0.4 is 0 Å². The number of ether oxygens (including phenoxy) is 1. The maximum atomic E-state index is 12.4. The van der Waals surface area contributed by atoms with Gasteiger partial charge < -0.3 is 14.5 Å². The Morgan fingerprint density at radius 1 is 1.25 bits per heavy atom. The highest BCUT2D eigenvalue weighted by molar-refractivity contribution is 7.99. The van der Waals surface area contributed by atoms with Crippen LogP contribution in [0.3, 0.4) is 0 Å². The molecule has 1 aliphatic heterocycles. The van der Waals surface area contributed by atoms with Gasteiger partial charge in [0, 0.05) is 25.9 Å². The molecular weight excluding hydrogens is 328 g/mol. The molecule has 6 nitrogen and oxygen atoms in total. The van der Waals surface area contributed by atoms with Gasteiger partial charge in [-0.1, -0.05) is 12.1 Å². The van der Waals surface area contributed by atoms with Crippen molar-refractivity contribution >= 4 is 35.6 Å². The maximum absolute atomic E-state index is 12.4. The fourth-order valence-electron chi connectivity index (χ4n) is 2.27. The lowest BCUT2D eigenvalue weighted by molar-refractivity contribution is -0.139. The Bertz CT molecular complexity index is 655. The first-order valence-electron chi connectivity index (χ1n) is 7.40. The van der Waals surface area contributed by atoms with Gasteiger partial charge in [0.15, 0.2) is 0 Å². The van der Waals surface area contributed by atoms with E-state index in [4.69, 9.17) is 0 Å². The van der Waals surface area contributed by atoms with Gasteiger partial charge >= 0.3 is 5.97 Å². The summed E-state index contributed by atoms with van der Waals surface area (Å²) in [6, 6.07) is 6.33. The number of rotatable bonds is 4. The number of carbonyl (C=O) groups is 3. The van der Waals surface area contributed by atoms with E-state index >= 15 is 0 Å². The SMILES string of the molecule is COC(=O)c1ccc(/C=C\C(=O)N2CSC[C@@H]2C(=O)N(C)C)cc1. The van der Waals surface area contributed by atoms with Crippen molar-refractivity contribution in [2.24, 2.45) is 0 Å². The van der Waals surface area contributed by atoms with Gasteiger partial charge in [-0.3, -0.25) is 9.59 Å². The van der Waals surface area contributed by atoms with Gasteiger partial charge in [-0.25, -0.2) is 4.79 Å². The molecule has 1 atom stereocenters. The molecule has 1 saturated heterocycles. The smallest absolute Gasteiger partial charge is 0.337 e. The van der Waals surface area contributed by atoms with E-state index in [-0.39, 0.29) is 11.8 Å². The fourth-order valence-corrected chi connectivity index (χ4v) is 3.43. The highest BCUT2D eigenvalue weighted by Crippen LogP contribution is 2.22. The third-order valence-corrected chi connectivity index (χ3v) is 4.65. The zero-order chi connectivity index (χ0) is 17.7. The van der Waals surface area contributed by atoms with Gasteiger partial charge in [0.1, 0.15) is 6.04 Å². The second-order valence-electron chi connectivity index (χ2n) is 5.50. The van der Waals surface area contributed by atoms with E-state index in [1.54, 1.807) is 61.1 Å². The molecule has 2 amide bonds. The van der Waals surface area contributed by atoms with Crippen molar-refractivity contribution in [1.82, 2.24) is 9.80 Å². The quantitative estimate of drug-likeness (QED) is 0.609. The van der Waals surface area contributed by atoms with Crippen LogP contribution >= 0.6 is 11.8 Å². The predicted molar refractivity (Wildman–Crippen MR) is 93.5 cm³/mol. The zero-order valence-electron chi connectivity index (χ0n) is 13.9. The first-order valence-corrected chi connectivity index (χ1v) is 8.55. The lowest BCUT2D eigenvalue weighted by atomic mass is 10.1. The lowest BCUT2D eigenvalue weighted by Crippen LogP contribution is -2.46. The second kappa shape index (κ2) is 8.01. The number of thioether (sulfide) groups is 1. The molecule has 7 heteroatoms. The molecular formula is C17H20N2O4S. The summed E-state index contributed by atoms with van der Waals surface area (Å²) in [6.45, 7) is 0. The Morgan fingerprint density at radius 2 is 1.92 bits per heavy atom. The Labute approximate surface area is 145 Å². The third kappa shape index (κ3) is 4.17. The molecule has 0 spiro atoms. The fraction of sp³-hybridized carbons (Fsp3) is 0.353. The number of methoxy groups -OCH3 is 1. The van der Waals surface area contributed by atoms with Crippen molar-refractivity contribution in [2.45, 2.75) is 6.04 Å². The van der Waals surface area contributed by atoms with Crippen LogP contribution in [-0.4, -0.2) is 66.5 Å². The largest absolute Gasteiger partial charge is 0.465 e. The first-order chi connectivity index (χ1) is 11.4. The zero-order valence-corrected chi connectivity index (χ0v) is 14.7. The number of esters is 1. The summed E-state index contributed by atoms with van der Waals surface area (Å²) in [5.74, 6) is 0.459. The molecule has 1 fully saturated rings. The summed E-state index contributed by atoms with van der Waals surface area (Å²) in [6.07, 6.45) is 3.12. The average Bonchev–Trinajstić information content (AvgIpc) is 3.08. The molecule has 1 aliphatic rings. The van der Waals surface area contributed by atoms with Gasteiger partial charge in [-0.05, 0) is 23.8 Å². The first kappa shape index (κ1) is 18.1. The van der Waals surface area contributed by atoms with E-state index in [0.29, 0.717) is 17.2 Å². The minimum atomic E-state index is -0.413. The molecule has 0 aromatic heterocycles. The number of amides is 2. The van der Waals surface area contributed by atoms with Crippen molar-refractivity contribution in [1.29, 1.82) is 0 Å². The van der Waals surface area contributed by atoms with Gasteiger partial charge in [0.2, 0.25) is 11.8 Å². The number of hydrogen-bond acceptors (Lipinski definition) is 5. The van der Waals surface area contributed by atoms with Crippen LogP contribution in [-0.2, 0) is 14.3 Å². The monoisotopic (exact) mass is 348 g/mol. The van der Waals surface area contributed by atoms with E-state index in [9.17, 15) is 14.4 Å². The van der Waals surface area contributed by atoms with Gasteiger partial charge in [0.05, 0.1) is 18.6 Å². The predicted octanol–water partition coefficient (Wildman–Crippen LogP) is 1.48. The second-order valence-corrected chi connectivity index (χ2v) is 6.50. The van der Waals surface area contributed by atoms with Crippen LogP contribution in [0.4, 0.5) is 0 Å². The van der Waals surface area contributed by atoms with E-state index in [0.717, 1.165) is 5.56 Å². The van der Waals surface area contributed by atoms with E-state index in [2.05, 4.69) is 4.74 Å². The minimum Gasteiger partial charge on any atom is -0.465 e. The Balaban J connectivity index is 2.04. The summed E-state index contributed by atoms with van der Waals surface area (Å²) < 4.78 is 4.64. The molecule has 0 bridgehead atoms. The van der Waals surface area contributed by atoms with Crippen LogP contribution in [0, 0.1) is 0 Å². The van der Waals surface area contributed by atoms with E-state index in [1.807, 2.05) is 0 Å². The molecule has 0 saturated carbocycles. The number of benzene rings is 1. The van der Waals surface area contributed by atoms with Crippen molar-refractivity contribution < 1.29 is 19.1 Å². The van der Waals surface area contributed by atoms with Crippen LogP contribution in [0.15, 0.2) is 30.3 Å². The van der Waals surface area contributed by atoms with Gasteiger partial charge in [0.25, 0.3) is 0 Å². The highest BCUT2D eigenvalue weighted by Gasteiger charge is 2.34. The summed E-state index contributed by atoms with van der Waals surface area (Å²) >= 11 is 1.57. The molecule has 1 aromatic carbocycles. The third-order valence-electron chi connectivity index (χ3n) is 3.64. The van der Waals surface area contributed by atoms with Crippen LogP contribution in [0.2, 0.25) is 0 Å². The molecule has 1 aromatic rings. The van der Waals surface area contributed by atoms with Crippen molar-refractivity contribution in [3.05, 3.63) is 41.5 Å². The molecule has 0 N–H and O–H groups in total. The standard InChI is InChI=1S/C17H20N2O4S/c1-18(2)16(21)14-10-24-11-19(14)15(20)9-6-12-4-7-13(8-5-12)17(22)23-3/h4-9,14H,10-11H2,1-3H3/b9-6-/t14-/m1/s1. The summed E-state index contributed by atoms with van der Waals surface area (Å²) in [5, 5.41) is 0. The Hall–Kier alpha value is -2.28. The lowest BCUT2D eigenvalue weighted by Gasteiger charge is -2.24. The molecule has 0 radical (unpaired) electrons. The maximum Gasteiger partial charge on any atom is 0.337 e. The Kier molecular flexibility index (Phi) is 6.03. The number of nitrogens with zero attached hydrogens (tertiary/aromatic N) is 2. The van der Waals surface area contributed by atoms with Gasteiger partial charge in [-0.15, -0.1) is 11.8 Å². The summed E-state index contributed by atoms with van der Waals surface area (Å²) in [5.41, 5.74) is 1.24. The van der Waals surface area contributed by atoms with Crippen molar-refractivity contribution in [3.8, 4) is 0 Å². The average molecular weight is 348 g/mol.